The largest absolute Gasteiger partial charge is 0.306 e. The van der Waals surface area contributed by atoms with Crippen molar-refractivity contribution >= 4 is 0 Å². The third kappa shape index (κ3) is 5.27. The summed E-state index contributed by atoms with van der Waals surface area (Å²) in [5, 5.41) is 0. The predicted molar refractivity (Wildman–Crippen MR) is 83.4 cm³/mol. The number of nitrogens with zero attached hydrogens (tertiary/aromatic N) is 2. The highest BCUT2D eigenvalue weighted by molar-refractivity contribution is 4.78. The molecular weight excluding hydrogens is 232 g/mol. The molecule has 0 bridgehead atoms. The van der Waals surface area contributed by atoms with Crippen molar-refractivity contribution in [2.24, 2.45) is 11.8 Å². The molecule has 2 heterocycles. The number of allylic oxidation sites excluding steroid dienone is 1. The monoisotopic (exact) mass is 264 g/mol. The molecule has 0 spiro atoms. The maximum Gasteiger partial charge on any atom is 0.00106 e. The molecule has 0 aliphatic carbocycles. The quantitative estimate of drug-likeness (QED) is 0.536. The van der Waals surface area contributed by atoms with Crippen LogP contribution in [0.1, 0.15) is 44.9 Å². The molecule has 2 fully saturated rings. The van der Waals surface area contributed by atoms with Crippen LogP contribution in [-0.4, -0.2) is 49.6 Å². The smallest absolute Gasteiger partial charge is 0.00106 e. The summed E-state index contributed by atoms with van der Waals surface area (Å²) in [4.78, 5) is 5.21. The lowest BCUT2D eigenvalue weighted by Gasteiger charge is -2.37. The number of rotatable bonds is 6. The molecule has 0 saturated carbocycles. The molecule has 0 aromatic rings. The fraction of sp³-hybridized carbons (Fsp3) is 0.882. The molecule has 0 N–H and O–H groups in total. The minimum absolute atomic E-state index is 0.966. The molecule has 0 radical (unpaired) electrons. The van der Waals surface area contributed by atoms with Gasteiger partial charge in [0.25, 0.3) is 0 Å². The van der Waals surface area contributed by atoms with E-state index >= 15 is 0 Å². The molecule has 19 heavy (non-hydrogen) atoms. The molecule has 0 aromatic heterocycles. The molecule has 2 saturated heterocycles. The van der Waals surface area contributed by atoms with E-state index in [2.05, 4.69) is 29.5 Å². The van der Waals surface area contributed by atoms with E-state index in [4.69, 9.17) is 0 Å². The van der Waals surface area contributed by atoms with E-state index in [0.29, 0.717) is 0 Å². The van der Waals surface area contributed by atoms with Crippen molar-refractivity contribution in [1.82, 2.24) is 9.80 Å². The van der Waals surface area contributed by atoms with E-state index in [9.17, 15) is 0 Å². The zero-order valence-corrected chi connectivity index (χ0v) is 12.8. The Morgan fingerprint density at radius 1 is 1.00 bits per heavy atom. The summed E-state index contributed by atoms with van der Waals surface area (Å²) in [6.07, 6.45) is 11.7. The third-order valence-corrected chi connectivity index (χ3v) is 5.08. The van der Waals surface area contributed by atoms with Gasteiger partial charge in [-0.15, -0.1) is 6.58 Å². The summed E-state index contributed by atoms with van der Waals surface area (Å²) < 4.78 is 0. The predicted octanol–water partition coefficient (Wildman–Crippen LogP) is 3.40. The van der Waals surface area contributed by atoms with Gasteiger partial charge >= 0.3 is 0 Å². The Kier molecular flexibility index (Phi) is 6.39. The normalized spacial score (nSPS) is 24.7. The highest BCUT2D eigenvalue weighted by atomic mass is 15.1. The van der Waals surface area contributed by atoms with Crippen molar-refractivity contribution in [3.63, 3.8) is 0 Å². The molecule has 110 valence electrons. The van der Waals surface area contributed by atoms with Crippen LogP contribution in [0.5, 0.6) is 0 Å². The number of hydrogen-bond donors (Lipinski definition) is 0. The van der Waals surface area contributed by atoms with Crippen LogP contribution in [0.4, 0.5) is 0 Å². The van der Waals surface area contributed by atoms with E-state index in [1.165, 1.54) is 77.7 Å². The topological polar surface area (TPSA) is 6.48 Å². The van der Waals surface area contributed by atoms with E-state index in [1.54, 1.807) is 0 Å². The van der Waals surface area contributed by atoms with E-state index in [1.807, 2.05) is 0 Å². The second-order valence-electron chi connectivity index (χ2n) is 6.71. The molecule has 0 amide bonds. The lowest BCUT2D eigenvalue weighted by molar-refractivity contribution is 0.124. The summed E-state index contributed by atoms with van der Waals surface area (Å²) in [5.74, 6) is 1.96. The third-order valence-electron chi connectivity index (χ3n) is 5.08. The number of unbranched alkanes of at least 4 members (excludes halogenated alkanes) is 1. The fourth-order valence-corrected chi connectivity index (χ4v) is 3.62. The summed E-state index contributed by atoms with van der Waals surface area (Å²) >= 11 is 0. The zero-order valence-electron chi connectivity index (χ0n) is 12.8. The minimum Gasteiger partial charge on any atom is -0.306 e. The molecule has 2 aliphatic heterocycles. The van der Waals surface area contributed by atoms with Crippen LogP contribution in [0.25, 0.3) is 0 Å². The van der Waals surface area contributed by atoms with Crippen LogP contribution >= 0.6 is 0 Å². The Morgan fingerprint density at radius 3 is 2.26 bits per heavy atom. The Balaban J connectivity index is 1.59. The van der Waals surface area contributed by atoms with Gasteiger partial charge in [-0.2, -0.15) is 0 Å². The molecule has 2 heteroatoms. The highest BCUT2D eigenvalue weighted by Gasteiger charge is 2.23. The van der Waals surface area contributed by atoms with Gasteiger partial charge in [-0.05, 0) is 83.6 Å². The second kappa shape index (κ2) is 8.06. The first kappa shape index (κ1) is 15.1. The van der Waals surface area contributed by atoms with Crippen molar-refractivity contribution in [1.29, 1.82) is 0 Å². The Hall–Kier alpha value is -0.340. The Bertz CT molecular complexity index is 248. The maximum absolute atomic E-state index is 3.81. The summed E-state index contributed by atoms with van der Waals surface area (Å²) in [6.45, 7) is 10.5. The molecule has 2 nitrogen and oxygen atoms in total. The lowest BCUT2D eigenvalue weighted by Crippen LogP contribution is -2.40. The maximum atomic E-state index is 3.81. The van der Waals surface area contributed by atoms with Crippen molar-refractivity contribution < 1.29 is 0 Å². The highest BCUT2D eigenvalue weighted by Crippen LogP contribution is 2.25. The molecule has 2 aliphatic rings. The molecule has 0 unspecified atom stereocenters. The van der Waals surface area contributed by atoms with E-state index in [0.717, 1.165) is 11.8 Å². The second-order valence-corrected chi connectivity index (χ2v) is 6.71. The average molecular weight is 264 g/mol. The first-order valence-electron chi connectivity index (χ1n) is 8.29. The van der Waals surface area contributed by atoms with Gasteiger partial charge in [0, 0.05) is 6.54 Å². The van der Waals surface area contributed by atoms with Crippen LogP contribution in [0, 0.1) is 11.8 Å². The number of hydrogen-bond acceptors (Lipinski definition) is 2. The Labute approximate surface area is 119 Å². The SMILES string of the molecule is C=CCCCC1CCN(CC2CCN(C)CC2)CC1. The Morgan fingerprint density at radius 2 is 1.63 bits per heavy atom. The van der Waals surface area contributed by atoms with Gasteiger partial charge in [0.2, 0.25) is 0 Å². The number of likely N-dealkylation sites (tertiary alicyclic amines) is 2. The minimum atomic E-state index is 0.966. The van der Waals surface area contributed by atoms with Crippen molar-refractivity contribution in [3.05, 3.63) is 12.7 Å². The van der Waals surface area contributed by atoms with Gasteiger partial charge in [0.05, 0.1) is 0 Å². The first-order chi connectivity index (χ1) is 9.28. The van der Waals surface area contributed by atoms with Crippen LogP contribution in [0.3, 0.4) is 0 Å². The van der Waals surface area contributed by atoms with Gasteiger partial charge in [0.1, 0.15) is 0 Å². The lowest BCUT2D eigenvalue weighted by atomic mass is 9.90. The first-order valence-corrected chi connectivity index (χ1v) is 8.29. The molecule has 0 atom stereocenters. The van der Waals surface area contributed by atoms with Gasteiger partial charge in [0.15, 0.2) is 0 Å². The molecule has 2 rings (SSSR count). The van der Waals surface area contributed by atoms with Crippen LogP contribution < -0.4 is 0 Å². The fourth-order valence-electron chi connectivity index (χ4n) is 3.62. The van der Waals surface area contributed by atoms with Crippen molar-refractivity contribution in [2.45, 2.75) is 44.9 Å². The molecular formula is C17H32N2. The molecule has 0 aromatic carbocycles. The van der Waals surface area contributed by atoms with Crippen molar-refractivity contribution in [3.8, 4) is 0 Å². The van der Waals surface area contributed by atoms with Gasteiger partial charge < -0.3 is 9.80 Å². The van der Waals surface area contributed by atoms with Gasteiger partial charge in [-0.3, -0.25) is 0 Å². The van der Waals surface area contributed by atoms with E-state index in [-0.39, 0.29) is 0 Å². The van der Waals surface area contributed by atoms with Gasteiger partial charge in [-0.25, -0.2) is 0 Å². The summed E-state index contributed by atoms with van der Waals surface area (Å²) in [5.41, 5.74) is 0. The van der Waals surface area contributed by atoms with Gasteiger partial charge in [-0.1, -0.05) is 12.5 Å². The zero-order chi connectivity index (χ0) is 13.5. The van der Waals surface area contributed by atoms with Crippen LogP contribution in [-0.2, 0) is 0 Å². The number of piperidine rings is 2. The summed E-state index contributed by atoms with van der Waals surface area (Å²) in [7, 11) is 2.25. The average Bonchev–Trinajstić information content (AvgIpc) is 2.44. The van der Waals surface area contributed by atoms with Crippen LogP contribution in [0.15, 0.2) is 12.7 Å². The van der Waals surface area contributed by atoms with Crippen molar-refractivity contribution in [2.75, 3.05) is 39.8 Å². The van der Waals surface area contributed by atoms with Crippen LogP contribution in [0.2, 0.25) is 0 Å². The standard InChI is InChI=1S/C17H32N2/c1-3-4-5-6-16-9-13-19(14-10-16)15-17-7-11-18(2)12-8-17/h3,16-17H,1,4-15H2,2H3. The summed E-state index contributed by atoms with van der Waals surface area (Å²) in [6, 6.07) is 0. The van der Waals surface area contributed by atoms with E-state index < -0.39 is 0 Å².